The first-order valence-electron chi connectivity index (χ1n) is 8.36. The minimum absolute atomic E-state index is 0.0111. The van der Waals surface area contributed by atoms with Crippen LogP contribution in [0.5, 0.6) is 0 Å². The summed E-state index contributed by atoms with van der Waals surface area (Å²) in [6, 6.07) is 11.2. The van der Waals surface area contributed by atoms with Crippen LogP contribution in [-0.4, -0.2) is 21.4 Å². The molecule has 2 aromatic carbocycles. The highest BCUT2D eigenvalue weighted by atomic mass is 32.2. The Hall–Kier alpha value is -2.67. The third kappa shape index (κ3) is 4.36. The second-order valence-electron chi connectivity index (χ2n) is 6.20. The van der Waals surface area contributed by atoms with E-state index in [9.17, 15) is 13.6 Å². The lowest BCUT2D eigenvalue weighted by Crippen LogP contribution is -2.15. The molecule has 0 spiro atoms. The normalized spacial score (nSPS) is 10.9. The van der Waals surface area contributed by atoms with Gasteiger partial charge >= 0.3 is 0 Å². The summed E-state index contributed by atoms with van der Waals surface area (Å²) in [6.45, 7) is 5.71. The van der Waals surface area contributed by atoms with Gasteiger partial charge in [0.25, 0.3) is 0 Å². The lowest BCUT2D eigenvalue weighted by molar-refractivity contribution is -0.113. The summed E-state index contributed by atoms with van der Waals surface area (Å²) in [7, 11) is 0. The van der Waals surface area contributed by atoms with Crippen molar-refractivity contribution in [2.24, 2.45) is 0 Å². The highest BCUT2D eigenvalue weighted by molar-refractivity contribution is 8.00. The lowest BCUT2D eigenvalue weighted by atomic mass is 10.2. The first-order chi connectivity index (χ1) is 12.8. The van der Waals surface area contributed by atoms with Crippen LogP contribution in [0.3, 0.4) is 0 Å². The number of nitrogens with zero attached hydrogens (tertiary/aromatic N) is 2. The maximum absolute atomic E-state index is 13.7. The van der Waals surface area contributed by atoms with E-state index in [1.807, 2.05) is 45.0 Å². The molecule has 1 aromatic heterocycles. The van der Waals surface area contributed by atoms with Gasteiger partial charge < -0.3 is 5.32 Å². The Morgan fingerprint density at radius 3 is 2.48 bits per heavy atom. The largest absolute Gasteiger partial charge is 0.322 e. The van der Waals surface area contributed by atoms with E-state index in [1.165, 1.54) is 12.1 Å². The number of aryl methyl sites for hydroxylation is 2. The highest BCUT2D eigenvalue weighted by Gasteiger charge is 2.16. The van der Waals surface area contributed by atoms with E-state index in [1.54, 1.807) is 4.68 Å². The van der Waals surface area contributed by atoms with E-state index >= 15 is 0 Å². The van der Waals surface area contributed by atoms with Crippen LogP contribution in [0.15, 0.2) is 47.4 Å². The summed E-state index contributed by atoms with van der Waals surface area (Å²) < 4.78 is 28.4. The van der Waals surface area contributed by atoms with Crippen molar-refractivity contribution in [2.75, 3.05) is 11.1 Å². The molecular formula is C20H19F2N3OS. The average molecular weight is 387 g/mol. The molecule has 0 atom stereocenters. The molecule has 4 nitrogen and oxygen atoms in total. The maximum Gasteiger partial charge on any atom is 0.234 e. The van der Waals surface area contributed by atoms with E-state index in [0.717, 1.165) is 34.8 Å². The van der Waals surface area contributed by atoms with Crippen LogP contribution in [0.2, 0.25) is 0 Å². The van der Waals surface area contributed by atoms with Crippen molar-refractivity contribution in [3.8, 4) is 5.69 Å². The lowest BCUT2D eigenvalue weighted by Gasteiger charge is -2.08. The van der Waals surface area contributed by atoms with Crippen LogP contribution in [0.1, 0.15) is 17.0 Å². The fourth-order valence-electron chi connectivity index (χ4n) is 2.67. The summed E-state index contributed by atoms with van der Waals surface area (Å²) >= 11 is 1.02. The standard InChI is InChI=1S/C20H19F2N3OS/c1-12-4-7-16(8-5-12)25-14(3)20(13(2)24-25)23-19(26)11-27-18-9-6-15(21)10-17(18)22/h4-10H,11H2,1-3H3,(H,23,26). The van der Waals surface area contributed by atoms with Gasteiger partial charge in [-0.1, -0.05) is 17.7 Å². The number of hydrogen-bond donors (Lipinski definition) is 1. The van der Waals surface area contributed by atoms with Gasteiger partial charge in [-0.3, -0.25) is 4.79 Å². The maximum atomic E-state index is 13.7. The molecule has 0 saturated carbocycles. The van der Waals surface area contributed by atoms with Crippen LogP contribution in [0, 0.1) is 32.4 Å². The number of aromatic nitrogens is 2. The van der Waals surface area contributed by atoms with Gasteiger partial charge in [-0.2, -0.15) is 5.10 Å². The average Bonchev–Trinajstić information content (AvgIpc) is 2.90. The minimum Gasteiger partial charge on any atom is -0.322 e. The number of benzene rings is 2. The van der Waals surface area contributed by atoms with Crippen molar-refractivity contribution in [3.63, 3.8) is 0 Å². The Morgan fingerprint density at radius 2 is 1.81 bits per heavy atom. The Balaban J connectivity index is 1.71. The van der Waals surface area contributed by atoms with Crippen LogP contribution < -0.4 is 5.32 Å². The first-order valence-corrected chi connectivity index (χ1v) is 9.34. The van der Waals surface area contributed by atoms with Crippen molar-refractivity contribution in [1.82, 2.24) is 9.78 Å². The predicted molar refractivity (Wildman–Crippen MR) is 103 cm³/mol. The zero-order valence-electron chi connectivity index (χ0n) is 15.2. The van der Waals surface area contributed by atoms with Crippen molar-refractivity contribution in [1.29, 1.82) is 0 Å². The molecule has 7 heteroatoms. The molecule has 1 N–H and O–H groups in total. The predicted octanol–water partition coefficient (Wildman–Crippen LogP) is 4.81. The van der Waals surface area contributed by atoms with E-state index in [-0.39, 0.29) is 16.6 Å². The first kappa shape index (κ1) is 19.1. The van der Waals surface area contributed by atoms with Gasteiger partial charge in [0.1, 0.15) is 11.6 Å². The van der Waals surface area contributed by atoms with Crippen LogP contribution in [-0.2, 0) is 4.79 Å². The fourth-order valence-corrected chi connectivity index (χ4v) is 3.39. The Bertz CT molecular complexity index is 984. The molecule has 0 bridgehead atoms. The minimum atomic E-state index is -0.674. The number of halogens is 2. The third-order valence-corrected chi connectivity index (χ3v) is 5.14. The SMILES string of the molecule is Cc1ccc(-n2nc(C)c(NC(=O)CSc3ccc(F)cc3F)c2C)cc1. The number of hydrogen-bond acceptors (Lipinski definition) is 3. The second-order valence-corrected chi connectivity index (χ2v) is 7.22. The van der Waals surface area contributed by atoms with Crippen molar-refractivity contribution in [2.45, 2.75) is 25.7 Å². The number of anilines is 1. The van der Waals surface area contributed by atoms with Crippen molar-refractivity contribution < 1.29 is 13.6 Å². The quantitative estimate of drug-likeness (QED) is 0.640. The smallest absolute Gasteiger partial charge is 0.234 e. The zero-order valence-corrected chi connectivity index (χ0v) is 16.0. The number of nitrogens with one attached hydrogen (secondary N) is 1. The van der Waals surface area contributed by atoms with E-state index in [2.05, 4.69) is 10.4 Å². The molecule has 0 saturated heterocycles. The molecule has 3 aromatic rings. The van der Waals surface area contributed by atoms with E-state index < -0.39 is 11.6 Å². The monoisotopic (exact) mass is 387 g/mol. The molecule has 0 aliphatic heterocycles. The van der Waals surface area contributed by atoms with Gasteiger partial charge in [0.05, 0.1) is 28.5 Å². The topological polar surface area (TPSA) is 46.9 Å². The molecule has 140 valence electrons. The molecule has 1 heterocycles. The van der Waals surface area contributed by atoms with Crippen LogP contribution in [0.4, 0.5) is 14.5 Å². The molecule has 1 amide bonds. The molecule has 27 heavy (non-hydrogen) atoms. The molecule has 0 unspecified atom stereocenters. The van der Waals surface area contributed by atoms with Gasteiger partial charge in [0.15, 0.2) is 0 Å². The molecule has 0 radical (unpaired) electrons. The molecule has 0 fully saturated rings. The molecular weight excluding hydrogens is 368 g/mol. The number of rotatable bonds is 5. The summed E-state index contributed by atoms with van der Waals surface area (Å²) in [6.07, 6.45) is 0. The number of amides is 1. The Morgan fingerprint density at radius 1 is 1.11 bits per heavy atom. The van der Waals surface area contributed by atoms with Crippen molar-refractivity contribution >= 4 is 23.4 Å². The Labute approximate surface area is 160 Å². The van der Waals surface area contributed by atoms with Gasteiger partial charge in [-0.05, 0) is 45.0 Å². The summed E-state index contributed by atoms with van der Waals surface area (Å²) in [5.74, 6) is -1.58. The molecule has 0 aliphatic rings. The summed E-state index contributed by atoms with van der Waals surface area (Å²) in [5, 5.41) is 7.34. The van der Waals surface area contributed by atoms with E-state index in [4.69, 9.17) is 0 Å². The van der Waals surface area contributed by atoms with Gasteiger partial charge in [-0.25, -0.2) is 13.5 Å². The van der Waals surface area contributed by atoms with E-state index in [0.29, 0.717) is 11.4 Å². The van der Waals surface area contributed by atoms with Crippen LogP contribution in [0.25, 0.3) is 5.69 Å². The fraction of sp³-hybridized carbons (Fsp3) is 0.200. The van der Waals surface area contributed by atoms with Crippen LogP contribution >= 0.6 is 11.8 Å². The molecule has 0 aliphatic carbocycles. The van der Waals surface area contributed by atoms with Gasteiger partial charge in [0.2, 0.25) is 5.91 Å². The summed E-state index contributed by atoms with van der Waals surface area (Å²) in [5.41, 5.74) is 4.20. The summed E-state index contributed by atoms with van der Waals surface area (Å²) in [4.78, 5) is 12.5. The van der Waals surface area contributed by atoms with Gasteiger partial charge in [-0.15, -0.1) is 11.8 Å². The Kier molecular flexibility index (Phi) is 5.60. The number of carbonyl (C=O) groups excluding carboxylic acids is 1. The number of carbonyl (C=O) groups is 1. The number of thioether (sulfide) groups is 1. The molecule has 3 rings (SSSR count). The second kappa shape index (κ2) is 7.92. The third-order valence-electron chi connectivity index (χ3n) is 4.09. The zero-order chi connectivity index (χ0) is 19.6. The highest BCUT2D eigenvalue weighted by Crippen LogP contribution is 2.25. The van der Waals surface area contributed by atoms with Crippen molar-refractivity contribution in [3.05, 3.63) is 71.1 Å². The van der Waals surface area contributed by atoms with Gasteiger partial charge in [0, 0.05) is 11.0 Å².